The van der Waals surface area contributed by atoms with Gasteiger partial charge in [0.2, 0.25) is 0 Å². The second-order valence-electron chi connectivity index (χ2n) is 4.64. The van der Waals surface area contributed by atoms with Crippen LogP contribution in [0.25, 0.3) is 0 Å². The van der Waals surface area contributed by atoms with Crippen molar-refractivity contribution in [3.63, 3.8) is 0 Å². The molecule has 0 radical (unpaired) electrons. The number of rotatable bonds is 3. The van der Waals surface area contributed by atoms with E-state index in [4.69, 9.17) is 4.52 Å². The van der Waals surface area contributed by atoms with Gasteiger partial charge in [0.1, 0.15) is 0 Å². The predicted octanol–water partition coefficient (Wildman–Crippen LogP) is 2.75. The van der Waals surface area contributed by atoms with Gasteiger partial charge in [-0.2, -0.15) is 0 Å². The maximum absolute atomic E-state index is 5.23. The highest BCUT2D eigenvalue weighted by atomic mass is 16.5. The summed E-state index contributed by atoms with van der Waals surface area (Å²) in [7, 11) is 2.19. The second-order valence-corrected chi connectivity index (χ2v) is 4.64. The van der Waals surface area contributed by atoms with Crippen molar-refractivity contribution in [2.75, 3.05) is 7.05 Å². The van der Waals surface area contributed by atoms with E-state index in [-0.39, 0.29) is 0 Å². The molecule has 0 saturated heterocycles. The number of aromatic nitrogens is 1. The quantitative estimate of drug-likeness (QED) is 0.765. The van der Waals surface area contributed by atoms with Crippen LogP contribution in [0.4, 0.5) is 0 Å². The zero-order valence-electron chi connectivity index (χ0n) is 9.70. The Balaban J connectivity index is 1.88. The molecule has 3 heteroatoms. The Kier molecular flexibility index (Phi) is 3.41. The van der Waals surface area contributed by atoms with Gasteiger partial charge in [0.05, 0.1) is 12.2 Å². The van der Waals surface area contributed by atoms with E-state index in [9.17, 15) is 0 Å². The van der Waals surface area contributed by atoms with Crippen LogP contribution in [0, 0.1) is 6.92 Å². The van der Waals surface area contributed by atoms with Gasteiger partial charge in [0.15, 0.2) is 5.76 Å². The van der Waals surface area contributed by atoms with Crippen molar-refractivity contribution in [1.82, 2.24) is 10.1 Å². The number of aryl methyl sites for hydroxylation is 1. The van der Waals surface area contributed by atoms with Crippen LogP contribution in [0.5, 0.6) is 0 Å². The van der Waals surface area contributed by atoms with Crippen LogP contribution in [0.1, 0.15) is 43.6 Å². The van der Waals surface area contributed by atoms with E-state index in [2.05, 4.69) is 17.1 Å². The standard InChI is InChI=1S/C12H20N2O/c1-10-8-12(15-13-10)9-14(2)11-6-4-3-5-7-11/h8,11H,3-7,9H2,1-2H3. The minimum absolute atomic E-state index is 0.740. The van der Waals surface area contributed by atoms with E-state index in [0.717, 1.165) is 24.0 Å². The van der Waals surface area contributed by atoms with E-state index in [0.29, 0.717) is 0 Å². The molecule has 1 heterocycles. The van der Waals surface area contributed by atoms with Crippen LogP contribution in [0.2, 0.25) is 0 Å². The largest absolute Gasteiger partial charge is 0.360 e. The molecule has 1 fully saturated rings. The Morgan fingerprint density at radius 3 is 2.73 bits per heavy atom. The summed E-state index contributed by atoms with van der Waals surface area (Å²) in [4.78, 5) is 2.40. The van der Waals surface area contributed by atoms with Crippen molar-refractivity contribution in [3.05, 3.63) is 17.5 Å². The first-order valence-electron chi connectivity index (χ1n) is 5.88. The molecule has 0 aliphatic heterocycles. The average Bonchev–Trinajstić information content (AvgIpc) is 2.65. The molecule has 1 aliphatic carbocycles. The van der Waals surface area contributed by atoms with Crippen molar-refractivity contribution in [1.29, 1.82) is 0 Å². The van der Waals surface area contributed by atoms with Gasteiger partial charge in [-0.1, -0.05) is 24.4 Å². The molecule has 0 N–H and O–H groups in total. The number of hydrogen-bond acceptors (Lipinski definition) is 3. The maximum Gasteiger partial charge on any atom is 0.150 e. The fourth-order valence-corrected chi connectivity index (χ4v) is 2.39. The molecule has 2 rings (SSSR count). The van der Waals surface area contributed by atoms with Gasteiger partial charge in [-0.05, 0) is 26.8 Å². The highest BCUT2D eigenvalue weighted by Crippen LogP contribution is 2.22. The number of nitrogens with zero attached hydrogens (tertiary/aromatic N) is 2. The smallest absolute Gasteiger partial charge is 0.150 e. The third-order valence-electron chi connectivity index (χ3n) is 3.28. The Hall–Kier alpha value is -0.830. The first-order valence-corrected chi connectivity index (χ1v) is 5.88. The lowest BCUT2D eigenvalue weighted by Gasteiger charge is -2.30. The first-order chi connectivity index (χ1) is 7.25. The molecule has 0 amide bonds. The lowest BCUT2D eigenvalue weighted by molar-refractivity contribution is 0.167. The minimum atomic E-state index is 0.740. The van der Waals surface area contributed by atoms with E-state index in [1.165, 1.54) is 32.1 Å². The van der Waals surface area contributed by atoms with Crippen molar-refractivity contribution < 1.29 is 4.52 Å². The molecular formula is C12H20N2O. The summed E-state index contributed by atoms with van der Waals surface area (Å²) < 4.78 is 5.23. The summed E-state index contributed by atoms with van der Waals surface area (Å²) in [5, 5.41) is 3.91. The number of hydrogen-bond donors (Lipinski definition) is 0. The molecule has 0 bridgehead atoms. The van der Waals surface area contributed by atoms with Crippen molar-refractivity contribution in [2.24, 2.45) is 0 Å². The third-order valence-corrected chi connectivity index (χ3v) is 3.28. The van der Waals surface area contributed by atoms with Crippen LogP contribution < -0.4 is 0 Å². The molecule has 3 nitrogen and oxygen atoms in total. The minimum Gasteiger partial charge on any atom is -0.360 e. The molecule has 15 heavy (non-hydrogen) atoms. The van der Waals surface area contributed by atoms with E-state index in [1.807, 2.05) is 13.0 Å². The fraction of sp³-hybridized carbons (Fsp3) is 0.750. The van der Waals surface area contributed by atoms with Crippen molar-refractivity contribution in [3.8, 4) is 0 Å². The van der Waals surface area contributed by atoms with Crippen LogP contribution >= 0.6 is 0 Å². The van der Waals surface area contributed by atoms with Gasteiger partial charge in [-0.25, -0.2) is 0 Å². The zero-order chi connectivity index (χ0) is 10.7. The van der Waals surface area contributed by atoms with Gasteiger partial charge < -0.3 is 4.52 Å². The van der Waals surface area contributed by atoms with Gasteiger partial charge in [0.25, 0.3) is 0 Å². The van der Waals surface area contributed by atoms with Crippen LogP contribution in [-0.4, -0.2) is 23.1 Å². The molecule has 1 aliphatic rings. The normalized spacial score (nSPS) is 18.6. The lowest BCUT2D eigenvalue weighted by Crippen LogP contribution is -2.32. The highest BCUT2D eigenvalue weighted by Gasteiger charge is 2.18. The lowest BCUT2D eigenvalue weighted by atomic mass is 9.94. The average molecular weight is 208 g/mol. The van der Waals surface area contributed by atoms with Gasteiger partial charge in [-0.15, -0.1) is 0 Å². The van der Waals surface area contributed by atoms with Gasteiger partial charge >= 0.3 is 0 Å². The summed E-state index contributed by atoms with van der Waals surface area (Å²) in [5.74, 6) is 0.987. The fourth-order valence-electron chi connectivity index (χ4n) is 2.39. The molecule has 0 atom stereocenters. The maximum atomic E-state index is 5.23. The van der Waals surface area contributed by atoms with Gasteiger partial charge in [-0.3, -0.25) is 4.90 Å². The first kappa shape index (κ1) is 10.7. The molecule has 0 unspecified atom stereocenters. The van der Waals surface area contributed by atoms with Crippen LogP contribution in [0.3, 0.4) is 0 Å². The molecule has 84 valence electrons. The Morgan fingerprint density at radius 2 is 2.13 bits per heavy atom. The SMILES string of the molecule is Cc1cc(CN(C)C2CCCCC2)on1. The second kappa shape index (κ2) is 4.79. The summed E-state index contributed by atoms with van der Waals surface area (Å²) in [5.41, 5.74) is 0.974. The molecule has 1 aromatic rings. The molecule has 0 aromatic carbocycles. The van der Waals surface area contributed by atoms with E-state index in [1.54, 1.807) is 0 Å². The van der Waals surface area contributed by atoms with Crippen molar-refractivity contribution >= 4 is 0 Å². The van der Waals surface area contributed by atoms with Crippen LogP contribution in [-0.2, 0) is 6.54 Å². The van der Waals surface area contributed by atoms with E-state index >= 15 is 0 Å². The summed E-state index contributed by atoms with van der Waals surface area (Å²) in [6, 6.07) is 2.77. The summed E-state index contributed by atoms with van der Waals surface area (Å²) in [6.07, 6.45) is 6.84. The zero-order valence-corrected chi connectivity index (χ0v) is 9.70. The summed E-state index contributed by atoms with van der Waals surface area (Å²) in [6.45, 7) is 2.86. The molecular weight excluding hydrogens is 188 g/mol. The Morgan fingerprint density at radius 1 is 1.40 bits per heavy atom. The predicted molar refractivity (Wildman–Crippen MR) is 59.6 cm³/mol. The molecule has 0 spiro atoms. The Labute approximate surface area is 91.4 Å². The molecule has 1 aromatic heterocycles. The monoisotopic (exact) mass is 208 g/mol. The summed E-state index contributed by atoms with van der Waals surface area (Å²) >= 11 is 0. The highest BCUT2D eigenvalue weighted by molar-refractivity contribution is 5.02. The van der Waals surface area contributed by atoms with Crippen molar-refractivity contribution in [2.45, 2.75) is 51.6 Å². The van der Waals surface area contributed by atoms with Gasteiger partial charge in [0, 0.05) is 12.1 Å². The Bertz CT molecular complexity index is 302. The topological polar surface area (TPSA) is 29.3 Å². The van der Waals surface area contributed by atoms with E-state index < -0.39 is 0 Å². The molecule has 1 saturated carbocycles. The van der Waals surface area contributed by atoms with Crippen LogP contribution in [0.15, 0.2) is 10.6 Å². The third kappa shape index (κ3) is 2.81.